The minimum Gasteiger partial charge on any atom is -0.462 e. The second kappa shape index (κ2) is 8.70. The topological polar surface area (TPSA) is 76.5 Å². The molecule has 1 fully saturated rings. The van der Waals surface area contributed by atoms with Crippen molar-refractivity contribution in [3.05, 3.63) is 46.4 Å². The van der Waals surface area contributed by atoms with Crippen LogP contribution in [0.4, 0.5) is 10.2 Å². The molecule has 0 aliphatic heterocycles. The standard InChI is InChI=1S/C19H22ClFN4O3/c1-3-28-19(27)13-9-22-24(2)18(13)23-17(26)11-25(12-7-8-12)10-14-15(20)5-4-6-16(14)21/h4-6,9,12H,3,7-8,10-11H2,1-2H3,(H,23,26). The van der Waals surface area contributed by atoms with Crippen LogP contribution in [0.25, 0.3) is 0 Å². The summed E-state index contributed by atoms with van der Waals surface area (Å²) in [6.07, 6.45) is 3.24. The summed E-state index contributed by atoms with van der Waals surface area (Å²) in [7, 11) is 1.62. The third kappa shape index (κ3) is 4.69. The Kier molecular flexibility index (Phi) is 6.31. The van der Waals surface area contributed by atoms with Crippen molar-refractivity contribution in [1.29, 1.82) is 0 Å². The zero-order valence-electron chi connectivity index (χ0n) is 15.7. The summed E-state index contributed by atoms with van der Waals surface area (Å²) in [6, 6.07) is 4.74. The second-order valence-electron chi connectivity index (χ2n) is 6.64. The van der Waals surface area contributed by atoms with Gasteiger partial charge in [0.25, 0.3) is 0 Å². The molecule has 0 unspecified atom stereocenters. The van der Waals surface area contributed by atoms with Gasteiger partial charge in [0.05, 0.1) is 19.3 Å². The Morgan fingerprint density at radius 1 is 1.43 bits per heavy atom. The van der Waals surface area contributed by atoms with E-state index in [1.807, 2.05) is 4.90 Å². The highest BCUT2D eigenvalue weighted by molar-refractivity contribution is 6.31. The Morgan fingerprint density at radius 2 is 2.18 bits per heavy atom. The first kappa shape index (κ1) is 20.3. The summed E-state index contributed by atoms with van der Waals surface area (Å²) in [4.78, 5) is 26.5. The molecule has 3 rings (SSSR count). The molecule has 1 N–H and O–H groups in total. The first-order chi connectivity index (χ1) is 13.4. The summed E-state index contributed by atoms with van der Waals surface area (Å²) in [6.45, 7) is 2.20. The van der Waals surface area contributed by atoms with Gasteiger partial charge in [0.2, 0.25) is 5.91 Å². The highest BCUT2D eigenvalue weighted by Gasteiger charge is 2.32. The van der Waals surface area contributed by atoms with Crippen LogP contribution in [0.1, 0.15) is 35.7 Å². The first-order valence-electron chi connectivity index (χ1n) is 9.06. The van der Waals surface area contributed by atoms with Crippen LogP contribution in [0.2, 0.25) is 5.02 Å². The summed E-state index contributed by atoms with van der Waals surface area (Å²) >= 11 is 6.13. The number of aryl methyl sites for hydroxylation is 1. The number of hydrogen-bond acceptors (Lipinski definition) is 5. The highest BCUT2D eigenvalue weighted by atomic mass is 35.5. The van der Waals surface area contributed by atoms with Crippen LogP contribution in [0.15, 0.2) is 24.4 Å². The van der Waals surface area contributed by atoms with Crippen molar-refractivity contribution in [2.24, 2.45) is 7.05 Å². The largest absolute Gasteiger partial charge is 0.462 e. The van der Waals surface area contributed by atoms with E-state index in [4.69, 9.17) is 16.3 Å². The van der Waals surface area contributed by atoms with Crippen LogP contribution < -0.4 is 5.32 Å². The molecule has 0 atom stereocenters. The molecule has 1 saturated carbocycles. The second-order valence-corrected chi connectivity index (χ2v) is 7.04. The number of benzene rings is 1. The van der Waals surface area contributed by atoms with Crippen molar-refractivity contribution in [3.8, 4) is 0 Å². The van der Waals surface area contributed by atoms with Crippen molar-refractivity contribution < 1.29 is 18.7 Å². The van der Waals surface area contributed by atoms with Crippen LogP contribution >= 0.6 is 11.6 Å². The number of nitrogens with zero attached hydrogens (tertiary/aromatic N) is 3. The number of carbonyl (C=O) groups excluding carboxylic acids is 2. The third-order valence-corrected chi connectivity index (χ3v) is 4.88. The molecule has 9 heteroatoms. The van der Waals surface area contributed by atoms with E-state index in [2.05, 4.69) is 10.4 Å². The monoisotopic (exact) mass is 408 g/mol. The zero-order valence-corrected chi connectivity index (χ0v) is 16.5. The van der Waals surface area contributed by atoms with Gasteiger partial charge in [0.15, 0.2) is 0 Å². The number of aromatic nitrogens is 2. The molecule has 0 radical (unpaired) electrons. The quantitative estimate of drug-likeness (QED) is 0.679. The molecular weight excluding hydrogens is 387 g/mol. The molecule has 1 aliphatic rings. The third-order valence-electron chi connectivity index (χ3n) is 4.52. The van der Waals surface area contributed by atoms with Crippen LogP contribution in [-0.2, 0) is 23.1 Å². The van der Waals surface area contributed by atoms with Gasteiger partial charge in [0, 0.05) is 30.2 Å². The van der Waals surface area contributed by atoms with E-state index in [1.165, 1.54) is 16.9 Å². The number of esters is 1. The molecule has 1 aromatic heterocycles. The Labute approximate surface area is 167 Å². The average Bonchev–Trinajstić information content (AvgIpc) is 3.42. The summed E-state index contributed by atoms with van der Waals surface area (Å²) in [5.41, 5.74) is 0.560. The Balaban J connectivity index is 1.71. The predicted octanol–water partition coefficient (Wildman–Crippen LogP) is 2.99. The fourth-order valence-electron chi connectivity index (χ4n) is 2.94. The average molecular weight is 409 g/mol. The molecule has 28 heavy (non-hydrogen) atoms. The van der Waals surface area contributed by atoms with E-state index in [1.54, 1.807) is 26.1 Å². The van der Waals surface area contributed by atoms with Gasteiger partial charge in [-0.3, -0.25) is 14.4 Å². The maximum Gasteiger partial charge on any atom is 0.343 e. The molecule has 1 aromatic carbocycles. The number of amides is 1. The Bertz CT molecular complexity index is 862. The fraction of sp³-hybridized carbons (Fsp3) is 0.421. The molecule has 7 nitrogen and oxygen atoms in total. The van der Waals surface area contributed by atoms with Crippen molar-refractivity contribution in [1.82, 2.24) is 14.7 Å². The molecule has 0 bridgehead atoms. The lowest BCUT2D eigenvalue weighted by atomic mass is 10.2. The van der Waals surface area contributed by atoms with E-state index >= 15 is 0 Å². The molecule has 2 aromatic rings. The van der Waals surface area contributed by atoms with E-state index < -0.39 is 11.8 Å². The first-order valence-corrected chi connectivity index (χ1v) is 9.44. The highest BCUT2D eigenvalue weighted by Crippen LogP contribution is 2.30. The van der Waals surface area contributed by atoms with Crippen molar-refractivity contribution in [2.45, 2.75) is 32.4 Å². The number of carbonyl (C=O) groups is 2. The van der Waals surface area contributed by atoms with Gasteiger partial charge in [-0.15, -0.1) is 0 Å². The van der Waals surface area contributed by atoms with Gasteiger partial charge >= 0.3 is 5.97 Å². The van der Waals surface area contributed by atoms with Gasteiger partial charge in [0.1, 0.15) is 17.2 Å². The van der Waals surface area contributed by atoms with Crippen LogP contribution in [0, 0.1) is 5.82 Å². The normalized spacial score (nSPS) is 13.6. The number of hydrogen-bond donors (Lipinski definition) is 1. The predicted molar refractivity (Wildman–Crippen MR) is 103 cm³/mol. The van der Waals surface area contributed by atoms with E-state index in [9.17, 15) is 14.0 Å². The number of halogens is 2. The maximum absolute atomic E-state index is 14.1. The number of anilines is 1. The molecule has 1 amide bonds. The molecule has 1 aliphatic carbocycles. The maximum atomic E-state index is 14.1. The summed E-state index contributed by atoms with van der Waals surface area (Å²) in [5.74, 6) is -1.01. The minimum absolute atomic E-state index is 0.0444. The summed E-state index contributed by atoms with van der Waals surface area (Å²) in [5, 5.41) is 7.06. The zero-order chi connectivity index (χ0) is 20.3. The SMILES string of the molecule is CCOC(=O)c1cnn(C)c1NC(=O)CN(Cc1c(F)cccc1Cl)C1CC1. The van der Waals surface area contributed by atoms with E-state index in [0.29, 0.717) is 10.6 Å². The number of rotatable bonds is 8. The van der Waals surface area contributed by atoms with Crippen molar-refractivity contribution in [3.63, 3.8) is 0 Å². The van der Waals surface area contributed by atoms with E-state index in [-0.39, 0.29) is 43.0 Å². The number of nitrogens with one attached hydrogen (secondary N) is 1. The van der Waals surface area contributed by atoms with Gasteiger partial charge < -0.3 is 10.1 Å². The van der Waals surface area contributed by atoms with Gasteiger partial charge in [-0.2, -0.15) is 5.10 Å². The molecule has 0 saturated heterocycles. The fourth-order valence-corrected chi connectivity index (χ4v) is 3.16. The minimum atomic E-state index is -0.553. The number of ether oxygens (including phenoxy) is 1. The lowest BCUT2D eigenvalue weighted by Crippen LogP contribution is -2.35. The van der Waals surface area contributed by atoms with Gasteiger partial charge in [-0.25, -0.2) is 9.18 Å². The smallest absolute Gasteiger partial charge is 0.343 e. The molecule has 0 spiro atoms. The molecular formula is C19H22ClFN4O3. The molecule has 1 heterocycles. The Hall–Kier alpha value is -2.45. The van der Waals surface area contributed by atoms with Gasteiger partial charge in [-0.1, -0.05) is 17.7 Å². The molecule has 150 valence electrons. The summed E-state index contributed by atoms with van der Waals surface area (Å²) < 4.78 is 20.5. The van der Waals surface area contributed by atoms with Crippen LogP contribution in [-0.4, -0.2) is 45.8 Å². The lowest BCUT2D eigenvalue weighted by Gasteiger charge is -2.22. The van der Waals surface area contributed by atoms with Gasteiger partial charge in [-0.05, 0) is 31.9 Å². The van der Waals surface area contributed by atoms with Crippen LogP contribution in [0.3, 0.4) is 0 Å². The van der Waals surface area contributed by atoms with E-state index in [0.717, 1.165) is 12.8 Å². The van der Waals surface area contributed by atoms with Crippen LogP contribution in [0.5, 0.6) is 0 Å². The van der Waals surface area contributed by atoms with Crippen molar-refractivity contribution in [2.75, 3.05) is 18.5 Å². The van der Waals surface area contributed by atoms with Crippen molar-refractivity contribution >= 4 is 29.3 Å². The lowest BCUT2D eigenvalue weighted by molar-refractivity contribution is -0.117. The Morgan fingerprint density at radius 3 is 2.82 bits per heavy atom.